The lowest BCUT2D eigenvalue weighted by molar-refractivity contribution is -0.0602. The number of hydrogen-bond acceptors (Lipinski definition) is 12. The average molecular weight is 562 g/mol. The molecule has 0 spiro atoms. The highest BCUT2D eigenvalue weighted by atomic mass is 79.9. The Morgan fingerprint density at radius 2 is 1.73 bits per heavy atom. The summed E-state index contributed by atoms with van der Waals surface area (Å²) in [5.74, 6) is -0.133. The van der Waals surface area contributed by atoms with E-state index in [-0.39, 0.29) is 5.82 Å². The van der Waals surface area contributed by atoms with E-state index in [0.717, 1.165) is 10.8 Å². The minimum atomic E-state index is -5.76. The standard InChI is InChI=1S/C9H15BrN3O14P3/c10-7(25-29(20,21)27-30(22,23)26-28(17,18)19)6-4(14)5(15)8(24-6)13-2-1-3(11)12-9(13)16/h1-2,4-8,14-15H,(H,20,21)(H,22,23)(H2,11,12,16)(H2,17,18,19)/t4-,5+,6-,7?,8+/m0/s1. The molecular formula is C9H15BrN3O14P3. The summed E-state index contributed by atoms with van der Waals surface area (Å²) < 4.78 is 51.3. The van der Waals surface area contributed by atoms with Crippen molar-refractivity contribution in [1.82, 2.24) is 9.55 Å². The van der Waals surface area contributed by atoms with Gasteiger partial charge in [-0.15, -0.1) is 0 Å². The van der Waals surface area contributed by atoms with Gasteiger partial charge in [-0.05, 0) is 6.07 Å². The van der Waals surface area contributed by atoms with Gasteiger partial charge in [0.15, 0.2) is 11.2 Å². The Bertz CT molecular complexity index is 983. The predicted molar refractivity (Wildman–Crippen MR) is 96.5 cm³/mol. The van der Waals surface area contributed by atoms with Crippen molar-refractivity contribution >= 4 is 45.2 Å². The number of rotatable bonds is 8. The number of aromatic nitrogens is 2. The number of nitrogens with two attached hydrogens (primary N) is 1. The lowest BCUT2D eigenvalue weighted by atomic mass is 10.1. The van der Waals surface area contributed by atoms with Gasteiger partial charge in [0.1, 0.15) is 24.1 Å². The molecule has 1 aliphatic rings. The number of hydrogen-bond donors (Lipinski definition) is 7. The minimum absolute atomic E-state index is 0.133. The number of aliphatic hydroxyl groups excluding tert-OH is 2. The fourth-order valence-electron chi connectivity index (χ4n) is 2.24. The zero-order valence-electron chi connectivity index (χ0n) is 14.2. The first-order chi connectivity index (χ1) is 13.5. The molecule has 0 radical (unpaired) electrons. The van der Waals surface area contributed by atoms with Crippen LogP contribution in [0.1, 0.15) is 6.23 Å². The molecule has 0 aliphatic carbocycles. The summed E-state index contributed by atoms with van der Waals surface area (Å²) in [6, 6.07) is 1.19. The van der Waals surface area contributed by atoms with Crippen LogP contribution in [0.15, 0.2) is 17.1 Å². The van der Waals surface area contributed by atoms with Gasteiger partial charge in [-0.25, -0.2) is 18.5 Å². The molecule has 1 fully saturated rings. The molecule has 1 aliphatic heterocycles. The van der Waals surface area contributed by atoms with Crippen LogP contribution in [0.5, 0.6) is 0 Å². The molecule has 1 saturated heterocycles. The van der Waals surface area contributed by atoms with Crippen molar-refractivity contribution in [3.05, 3.63) is 22.7 Å². The van der Waals surface area contributed by atoms with Crippen LogP contribution in [0.3, 0.4) is 0 Å². The summed E-state index contributed by atoms with van der Waals surface area (Å²) in [7, 11) is -16.9. The van der Waals surface area contributed by atoms with Crippen LogP contribution in [0.2, 0.25) is 0 Å². The maximum absolute atomic E-state index is 11.9. The van der Waals surface area contributed by atoms with Gasteiger partial charge in [-0.2, -0.15) is 13.6 Å². The van der Waals surface area contributed by atoms with Crippen molar-refractivity contribution in [2.24, 2.45) is 0 Å². The Labute approximate surface area is 174 Å². The molecule has 2 rings (SSSR count). The Morgan fingerprint density at radius 1 is 1.13 bits per heavy atom. The van der Waals surface area contributed by atoms with Crippen LogP contribution in [0.25, 0.3) is 0 Å². The Kier molecular flexibility index (Phi) is 7.83. The number of alkyl halides is 1. The van der Waals surface area contributed by atoms with Gasteiger partial charge in [0.25, 0.3) is 0 Å². The van der Waals surface area contributed by atoms with E-state index in [4.69, 9.17) is 25.2 Å². The van der Waals surface area contributed by atoms with E-state index in [1.54, 1.807) is 0 Å². The quantitative estimate of drug-likeness (QED) is 0.140. The first kappa shape index (κ1) is 25.7. The van der Waals surface area contributed by atoms with E-state index in [2.05, 4.69) is 34.1 Å². The molecule has 3 unspecified atom stereocenters. The second-order valence-corrected chi connectivity index (χ2v) is 10.8. The van der Waals surface area contributed by atoms with Crippen molar-refractivity contribution in [2.75, 3.05) is 5.73 Å². The van der Waals surface area contributed by atoms with Gasteiger partial charge in [0.05, 0.1) is 0 Å². The van der Waals surface area contributed by atoms with Crippen molar-refractivity contribution in [2.45, 2.75) is 29.6 Å². The van der Waals surface area contributed by atoms with Crippen LogP contribution in [0.4, 0.5) is 5.82 Å². The van der Waals surface area contributed by atoms with Crippen molar-refractivity contribution in [3.63, 3.8) is 0 Å². The molecule has 0 bridgehead atoms. The minimum Gasteiger partial charge on any atom is -0.387 e. The molecule has 0 saturated carbocycles. The summed E-state index contributed by atoms with van der Waals surface area (Å²) in [6.07, 6.45) is -5.67. The molecule has 2 heterocycles. The Morgan fingerprint density at radius 3 is 2.27 bits per heavy atom. The van der Waals surface area contributed by atoms with Crippen LogP contribution in [0, 0.1) is 0 Å². The third kappa shape index (κ3) is 6.72. The topological polar surface area (TPSA) is 270 Å². The fraction of sp³-hybridized carbons (Fsp3) is 0.556. The van der Waals surface area contributed by atoms with Crippen LogP contribution in [-0.4, -0.2) is 62.7 Å². The predicted octanol–water partition coefficient (Wildman–Crippen LogP) is -1.49. The van der Waals surface area contributed by atoms with Gasteiger partial charge in [-0.3, -0.25) is 9.09 Å². The molecule has 30 heavy (non-hydrogen) atoms. The molecule has 21 heteroatoms. The van der Waals surface area contributed by atoms with Crippen LogP contribution < -0.4 is 11.4 Å². The van der Waals surface area contributed by atoms with E-state index in [0.29, 0.717) is 0 Å². The summed E-state index contributed by atoms with van der Waals surface area (Å²) in [5.41, 5.74) is 4.39. The first-order valence-electron chi connectivity index (χ1n) is 7.34. The lowest BCUT2D eigenvalue weighted by Crippen LogP contribution is -2.37. The number of phosphoric ester groups is 1. The molecule has 0 amide bonds. The molecule has 172 valence electrons. The highest BCUT2D eigenvalue weighted by molar-refractivity contribution is 9.09. The van der Waals surface area contributed by atoms with E-state index in [9.17, 15) is 33.6 Å². The third-order valence-corrected chi connectivity index (χ3v) is 8.13. The molecule has 1 aromatic rings. The van der Waals surface area contributed by atoms with E-state index >= 15 is 0 Å². The number of nitrogens with zero attached hydrogens (tertiary/aromatic N) is 2. The number of phosphoric acid groups is 3. The third-order valence-electron chi connectivity index (χ3n) is 3.31. The zero-order chi connectivity index (χ0) is 23.1. The Hall–Kier alpha value is -0.550. The molecule has 7 atom stereocenters. The van der Waals surface area contributed by atoms with E-state index in [1.807, 2.05) is 0 Å². The largest absolute Gasteiger partial charge is 0.490 e. The van der Waals surface area contributed by atoms with Crippen LogP contribution >= 0.6 is 39.4 Å². The van der Waals surface area contributed by atoms with Crippen molar-refractivity contribution < 1.29 is 61.4 Å². The lowest BCUT2D eigenvalue weighted by Gasteiger charge is -2.23. The summed E-state index contributed by atoms with van der Waals surface area (Å²) in [5, 5.41) is 18.4. The highest BCUT2D eigenvalue weighted by Crippen LogP contribution is 2.67. The number of halogens is 1. The maximum Gasteiger partial charge on any atom is 0.490 e. The monoisotopic (exact) mass is 561 g/mol. The molecule has 1 aromatic heterocycles. The second kappa shape index (κ2) is 9.13. The SMILES string of the molecule is Nc1ccn([C@@H]2O[C@H](C(Br)OP(=O)(O)OP(=O)(O)OP(=O)(O)O)[C@@H](O)[C@H]2O)c(=O)n1. The Balaban J connectivity index is 2.13. The normalized spacial score (nSPS) is 29.8. The number of ether oxygens (including phenoxy) is 1. The summed E-state index contributed by atoms with van der Waals surface area (Å²) in [6.45, 7) is 0. The summed E-state index contributed by atoms with van der Waals surface area (Å²) in [4.78, 5) is 50.9. The average Bonchev–Trinajstić information content (AvgIpc) is 2.79. The van der Waals surface area contributed by atoms with Gasteiger partial charge in [0.2, 0.25) is 0 Å². The van der Waals surface area contributed by atoms with Gasteiger partial charge >= 0.3 is 29.2 Å². The zero-order valence-corrected chi connectivity index (χ0v) is 18.5. The first-order valence-corrected chi connectivity index (χ1v) is 12.8. The van der Waals surface area contributed by atoms with E-state index < -0.39 is 58.7 Å². The number of aliphatic hydroxyl groups is 2. The molecular weight excluding hydrogens is 547 g/mol. The van der Waals surface area contributed by atoms with E-state index in [1.165, 1.54) is 6.07 Å². The number of nitrogen functional groups attached to an aromatic ring is 1. The van der Waals surface area contributed by atoms with Gasteiger partial charge < -0.3 is 40.3 Å². The number of anilines is 1. The molecule has 17 nitrogen and oxygen atoms in total. The molecule has 0 aromatic carbocycles. The van der Waals surface area contributed by atoms with Gasteiger partial charge in [0, 0.05) is 6.20 Å². The highest BCUT2D eigenvalue weighted by Gasteiger charge is 2.50. The fourth-order valence-corrected chi connectivity index (χ4v) is 6.34. The summed E-state index contributed by atoms with van der Waals surface area (Å²) >= 11 is 2.69. The smallest absolute Gasteiger partial charge is 0.387 e. The molecule has 8 N–H and O–H groups in total. The van der Waals surface area contributed by atoms with Crippen LogP contribution in [-0.2, 0) is 31.6 Å². The second-order valence-electron chi connectivity index (χ2n) is 5.56. The maximum atomic E-state index is 11.9. The van der Waals surface area contributed by atoms with Gasteiger partial charge in [-0.1, -0.05) is 15.9 Å². The van der Waals surface area contributed by atoms with Crippen molar-refractivity contribution in [1.29, 1.82) is 0 Å². The van der Waals surface area contributed by atoms with Crippen molar-refractivity contribution in [3.8, 4) is 0 Å².